The third-order valence-electron chi connectivity index (χ3n) is 2.12. The van der Waals surface area contributed by atoms with Gasteiger partial charge >= 0.3 is 12.1 Å². The lowest BCUT2D eigenvalue weighted by molar-refractivity contribution is -0.136. The van der Waals surface area contributed by atoms with Crippen molar-refractivity contribution >= 4 is 5.97 Å². The lowest BCUT2D eigenvalue weighted by Crippen LogP contribution is -2.13. The standard InChI is InChI=1S/C11H11F3O2/c12-11(13,14)7-9-4-2-1-3-8(9)5-6-10(15)16/h1-4H,5-7H2,(H,15,16). The summed E-state index contributed by atoms with van der Waals surface area (Å²) in [5.74, 6) is -1.01. The molecule has 0 amide bonds. The Bertz CT molecular complexity index is 372. The maximum atomic E-state index is 12.2. The highest BCUT2D eigenvalue weighted by Crippen LogP contribution is 2.23. The van der Waals surface area contributed by atoms with Gasteiger partial charge < -0.3 is 5.11 Å². The monoisotopic (exact) mass is 232 g/mol. The Morgan fingerprint density at radius 2 is 1.75 bits per heavy atom. The molecule has 0 aliphatic rings. The lowest BCUT2D eigenvalue weighted by atomic mass is 10.0. The van der Waals surface area contributed by atoms with Crippen molar-refractivity contribution in [2.45, 2.75) is 25.4 Å². The van der Waals surface area contributed by atoms with Crippen LogP contribution in [0.2, 0.25) is 0 Å². The molecule has 0 aliphatic carbocycles. The molecule has 0 atom stereocenters. The number of carbonyl (C=O) groups is 1. The average Bonchev–Trinajstić information content (AvgIpc) is 2.14. The Hall–Kier alpha value is -1.52. The van der Waals surface area contributed by atoms with Gasteiger partial charge in [-0.05, 0) is 17.5 Å². The topological polar surface area (TPSA) is 37.3 Å². The number of rotatable bonds is 4. The zero-order valence-corrected chi connectivity index (χ0v) is 8.42. The zero-order valence-electron chi connectivity index (χ0n) is 8.42. The van der Waals surface area contributed by atoms with E-state index in [-0.39, 0.29) is 18.4 Å². The normalized spacial score (nSPS) is 11.4. The summed E-state index contributed by atoms with van der Waals surface area (Å²) in [6.07, 6.45) is -5.31. The van der Waals surface area contributed by atoms with E-state index in [2.05, 4.69) is 0 Å². The summed E-state index contributed by atoms with van der Waals surface area (Å²) in [5.41, 5.74) is 0.596. The number of aliphatic carboxylic acids is 1. The van der Waals surface area contributed by atoms with Crippen molar-refractivity contribution in [2.75, 3.05) is 0 Å². The fourth-order valence-corrected chi connectivity index (χ4v) is 1.43. The van der Waals surface area contributed by atoms with Gasteiger partial charge in [-0.15, -0.1) is 0 Å². The average molecular weight is 232 g/mol. The number of aryl methyl sites for hydroxylation is 1. The van der Waals surface area contributed by atoms with Crippen LogP contribution in [0.4, 0.5) is 13.2 Å². The van der Waals surface area contributed by atoms with Crippen LogP contribution in [0.5, 0.6) is 0 Å². The number of hydrogen-bond acceptors (Lipinski definition) is 1. The van der Waals surface area contributed by atoms with Crippen LogP contribution in [0.1, 0.15) is 17.5 Å². The first-order chi connectivity index (χ1) is 7.38. The van der Waals surface area contributed by atoms with Crippen LogP contribution in [0.25, 0.3) is 0 Å². The lowest BCUT2D eigenvalue weighted by Gasteiger charge is -2.10. The SMILES string of the molecule is O=C(O)CCc1ccccc1CC(F)(F)F. The van der Waals surface area contributed by atoms with Crippen molar-refractivity contribution in [1.82, 2.24) is 0 Å². The van der Waals surface area contributed by atoms with E-state index in [0.29, 0.717) is 5.56 Å². The number of halogens is 3. The molecule has 88 valence electrons. The number of benzene rings is 1. The van der Waals surface area contributed by atoms with E-state index in [4.69, 9.17) is 5.11 Å². The van der Waals surface area contributed by atoms with E-state index >= 15 is 0 Å². The fraction of sp³-hybridized carbons (Fsp3) is 0.364. The molecule has 5 heteroatoms. The quantitative estimate of drug-likeness (QED) is 0.866. The molecule has 0 unspecified atom stereocenters. The van der Waals surface area contributed by atoms with Crippen molar-refractivity contribution in [3.05, 3.63) is 35.4 Å². The minimum absolute atomic E-state index is 0.127. The molecule has 1 N–H and O–H groups in total. The Labute approximate surface area is 90.7 Å². The number of carboxylic acids is 1. The molecule has 0 radical (unpaired) electrons. The van der Waals surface area contributed by atoms with Crippen LogP contribution in [-0.2, 0) is 17.6 Å². The summed E-state index contributed by atoms with van der Waals surface area (Å²) in [5, 5.41) is 8.48. The van der Waals surface area contributed by atoms with Crippen LogP contribution in [0.15, 0.2) is 24.3 Å². The van der Waals surface area contributed by atoms with Crippen molar-refractivity contribution < 1.29 is 23.1 Å². The highest BCUT2D eigenvalue weighted by molar-refractivity contribution is 5.67. The maximum Gasteiger partial charge on any atom is 0.393 e. The second-order valence-electron chi connectivity index (χ2n) is 3.45. The van der Waals surface area contributed by atoms with Crippen molar-refractivity contribution in [3.8, 4) is 0 Å². The van der Waals surface area contributed by atoms with Gasteiger partial charge in [0.25, 0.3) is 0 Å². The number of hydrogen-bond donors (Lipinski definition) is 1. The summed E-state index contributed by atoms with van der Waals surface area (Å²) in [4.78, 5) is 10.3. The predicted molar refractivity (Wildman–Crippen MR) is 52.2 cm³/mol. The molecule has 1 aromatic carbocycles. The van der Waals surface area contributed by atoms with E-state index < -0.39 is 18.6 Å². The Kier molecular flexibility index (Phi) is 3.93. The first-order valence-electron chi connectivity index (χ1n) is 4.74. The summed E-state index contributed by atoms with van der Waals surface area (Å²) in [6.45, 7) is 0. The van der Waals surface area contributed by atoms with Crippen molar-refractivity contribution in [3.63, 3.8) is 0 Å². The summed E-state index contributed by atoms with van der Waals surface area (Å²) < 4.78 is 36.6. The minimum Gasteiger partial charge on any atom is -0.481 e. The van der Waals surface area contributed by atoms with E-state index in [1.54, 1.807) is 6.07 Å². The second kappa shape index (κ2) is 5.01. The molecule has 16 heavy (non-hydrogen) atoms. The largest absolute Gasteiger partial charge is 0.481 e. The maximum absolute atomic E-state index is 12.2. The Morgan fingerprint density at radius 3 is 2.25 bits per heavy atom. The molecule has 0 heterocycles. The molecular weight excluding hydrogens is 221 g/mol. The van der Waals surface area contributed by atoms with Gasteiger partial charge in [0.05, 0.1) is 6.42 Å². The van der Waals surface area contributed by atoms with Crippen LogP contribution >= 0.6 is 0 Å². The third kappa shape index (κ3) is 4.33. The van der Waals surface area contributed by atoms with Crippen LogP contribution in [0.3, 0.4) is 0 Å². The van der Waals surface area contributed by atoms with Crippen LogP contribution < -0.4 is 0 Å². The van der Waals surface area contributed by atoms with Gasteiger partial charge in [0.15, 0.2) is 0 Å². The van der Waals surface area contributed by atoms with Gasteiger partial charge in [-0.1, -0.05) is 24.3 Å². The highest BCUT2D eigenvalue weighted by atomic mass is 19.4. The molecule has 0 saturated carbocycles. The summed E-state index contributed by atoms with van der Waals surface area (Å²) in [6, 6.07) is 6.04. The van der Waals surface area contributed by atoms with Crippen LogP contribution in [-0.4, -0.2) is 17.3 Å². The molecule has 1 rings (SSSR count). The molecule has 0 saturated heterocycles. The third-order valence-corrected chi connectivity index (χ3v) is 2.12. The van der Waals surface area contributed by atoms with E-state index in [1.807, 2.05) is 0 Å². The number of alkyl halides is 3. The first-order valence-corrected chi connectivity index (χ1v) is 4.74. The molecule has 0 aliphatic heterocycles. The molecule has 0 bridgehead atoms. The molecule has 0 spiro atoms. The van der Waals surface area contributed by atoms with E-state index in [9.17, 15) is 18.0 Å². The molecule has 1 aromatic rings. The molecular formula is C11H11F3O2. The number of carboxylic acid groups (broad SMARTS) is 1. The van der Waals surface area contributed by atoms with E-state index in [1.165, 1.54) is 18.2 Å². The highest BCUT2D eigenvalue weighted by Gasteiger charge is 2.28. The van der Waals surface area contributed by atoms with Gasteiger partial charge in [0.1, 0.15) is 0 Å². The predicted octanol–water partition coefficient (Wildman–Crippen LogP) is 2.81. The fourth-order valence-electron chi connectivity index (χ4n) is 1.43. The van der Waals surface area contributed by atoms with Gasteiger partial charge in [0.2, 0.25) is 0 Å². The zero-order chi connectivity index (χ0) is 12.2. The summed E-state index contributed by atoms with van der Waals surface area (Å²) >= 11 is 0. The minimum atomic E-state index is -4.26. The second-order valence-corrected chi connectivity index (χ2v) is 3.45. The van der Waals surface area contributed by atoms with Gasteiger partial charge in [-0.3, -0.25) is 4.79 Å². The Morgan fingerprint density at radius 1 is 1.19 bits per heavy atom. The van der Waals surface area contributed by atoms with Crippen molar-refractivity contribution in [1.29, 1.82) is 0 Å². The smallest absolute Gasteiger partial charge is 0.393 e. The molecule has 0 fully saturated rings. The van der Waals surface area contributed by atoms with Gasteiger partial charge in [-0.2, -0.15) is 13.2 Å². The van der Waals surface area contributed by atoms with Crippen LogP contribution in [0, 0.1) is 0 Å². The summed E-state index contributed by atoms with van der Waals surface area (Å²) in [7, 11) is 0. The molecule has 0 aromatic heterocycles. The van der Waals surface area contributed by atoms with Gasteiger partial charge in [-0.25, -0.2) is 0 Å². The Balaban J connectivity index is 2.79. The van der Waals surface area contributed by atoms with Crippen molar-refractivity contribution in [2.24, 2.45) is 0 Å². The first kappa shape index (κ1) is 12.5. The molecule has 2 nitrogen and oxygen atoms in total. The van der Waals surface area contributed by atoms with Gasteiger partial charge in [0, 0.05) is 6.42 Å². The van der Waals surface area contributed by atoms with E-state index in [0.717, 1.165) is 0 Å².